The van der Waals surface area contributed by atoms with Crippen LogP contribution in [0.1, 0.15) is 11.3 Å². The van der Waals surface area contributed by atoms with E-state index in [1.807, 2.05) is 18.2 Å². The summed E-state index contributed by atoms with van der Waals surface area (Å²) in [6, 6.07) is 10.3. The third kappa shape index (κ3) is 2.81. The molecule has 2 aromatic rings. The van der Waals surface area contributed by atoms with Gasteiger partial charge in [-0.1, -0.05) is 24.4 Å². The van der Waals surface area contributed by atoms with Gasteiger partial charge in [0.15, 0.2) is 0 Å². The van der Waals surface area contributed by atoms with E-state index in [2.05, 4.69) is 10.3 Å². The minimum atomic E-state index is -0.423. The second-order valence-corrected chi connectivity index (χ2v) is 4.14. The van der Waals surface area contributed by atoms with Crippen molar-refractivity contribution in [1.82, 2.24) is 4.98 Å². The van der Waals surface area contributed by atoms with E-state index in [9.17, 15) is 4.39 Å². The highest BCUT2D eigenvalue weighted by Gasteiger charge is 2.10. The summed E-state index contributed by atoms with van der Waals surface area (Å²) in [5, 5.41) is 3.08. The predicted octanol–water partition coefficient (Wildman–Crippen LogP) is 2.47. The summed E-state index contributed by atoms with van der Waals surface area (Å²) in [6.45, 7) is 0.486. The van der Waals surface area contributed by atoms with Crippen molar-refractivity contribution in [2.24, 2.45) is 5.73 Å². The number of aromatic nitrogens is 1. The molecule has 92 valence electrons. The summed E-state index contributed by atoms with van der Waals surface area (Å²) in [6.07, 6.45) is 1.71. The lowest BCUT2D eigenvalue weighted by molar-refractivity contribution is 0.626. The number of halogens is 1. The Morgan fingerprint density at radius 2 is 2.11 bits per heavy atom. The first-order valence-electron chi connectivity index (χ1n) is 5.40. The number of hydrogen-bond acceptors (Lipinski definition) is 3. The number of nitrogens with one attached hydrogen (secondary N) is 1. The molecule has 0 unspecified atom stereocenters. The predicted molar refractivity (Wildman–Crippen MR) is 73.9 cm³/mol. The van der Waals surface area contributed by atoms with Crippen LogP contribution in [0.3, 0.4) is 0 Å². The molecule has 0 spiro atoms. The van der Waals surface area contributed by atoms with E-state index in [0.29, 0.717) is 12.2 Å². The van der Waals surface area contributed by atoms with Gasteiger partial charge in [0.2, 0.25) is 0 Å². The Kier molecular flexibility index (Phi) is 3.84. The summed E-state index contributed by atoms with van der Waals surface area (Å²) < 4.78 is 13.6. The van der Waals surface area contributed by atoms with Gasteiger partial charge in [-0.15, -0.1) is 0 Å². The molecule has 0 saturated carbocycles. The summed E-state index contributed by atoms with van der Waals surface area (Å²) in [5.74, 6) is -0.423. The smallest absolute Gasteiger partial charge is 0.135 e. The molecule has 0 amide bonds. The number of rotatable bonds is 4. The van der Waals surface area contributed by atoms with Crippen LogP contribution in [0.5, 0.6) is 0 Å². The van der Waals surface area contributed by atoms with Crippen LogP contribution in [0.15, 0.2) is 42.6 Å². The molecule has 1 heterocycles. The lowest BCUT2D eigenvalue weighted by Gasteiger charge is -2.11. The Morgan fingerprint density at radius 3 is 2.78 bits per heavy atom. The van der Waals surface area contributed by atoms with Crippen LogP contribution in [-0.2, 0) is 6.54 Å². The van der Waals surface area contributed by atoms with E-state index < -0.39 is 5.82 Å². The number of hydrogen-bond donors (Lipinski definition) is 2. The van der Waals surface area contributed by atoms with Gasteiger partial charge in [-0.25, -0.2) is 4.39 Å². The average molecular weight is 261 g/mol. The number of nitrogens with zero attached hydrogens (tertiary/aromatic N) is 1. The first-order chi connectivity index (χ1) is 8.68. The SMILES string of the molecule is NC(=S)c1c(F)cccc1NCc1ccccn1. The lowest BCUT2D eigenvalue weighted by Crippen LogP contribution is -2.15. The summed E-state index contributed by atoms with van der Waals surface area (Å²) in [5.41, 5.74) is 7.19. The third-order valence-corrected chi connectivity index (χ3v) is 2.65. The van der Waals surface area contributed by atoms with Crippen LogP contribution in [0.25, 0.3) is 0 Å². The van der Waals surface area contributed by atoms with Crippen LogP contribution >= 0.6 is 12.2 Å². The molecule has 2 rings (SSSR count). The van der Waals surface area contributed by atoms with Crippen molar-refractivity contribution >= 4 is 22.9 Å². The van der Waals surface area contributed by atoms with Gasteiger partial charge in [0.25, 0.3) is 0 Å². The second-order valence-electron chi connectivity index (χ2n) is 3.70. The van der Waals surface area contributed by atoms with Gasteiger partial charge in [-0.2, -0.15) is 0 Å². The van der Waals surface area contributed by atoms with Gasteiger partial charge < -0.3 is 11.1 Å². The zero-order valence-corrected chi connectivity index (χ0v) is 10.4. The molecule has 0 aliphatic carbocycles. The molecule has 0 atom stereocenters. The Hall–Kier alpha value is -2.01. The minimum Gasteiger partial charge on any atom is -0.389 e. The van der Waals surface area contributed by atoms with Crippen LogP contribution in [0.2, 0.25) is 0 Å². The first kappa shape index (κ1) is 12.4. The van der Waals surface area contributed by atoms with Gasteiger partial charge in [0, 0.05) is 11.9 Å². The number of anilines is 1. The van der Waals surface area contributed by atoms with Crippen molar-refractivity contribution in [3.8, 4) is 0 Å². The summed E-state index contributed by atoms with van der Waals surface area (Å²) in [7, 11) is 0. The molecule has 18 heavy (non-hydrogen) atoms. The highest BCUT2D eigenvalue weighted by atomic mass is 32.1. The fraction of sp³-hybridized carbons (Fsp3) is 0.0769. The second kappa shape index (κ2) is 5.55. The van der Waals surface area contributed by atoms with Crippen molar-refractivity contribution in [3.63, 3.8) is 0 Å². The fourth-order valence-corrected chi connectivity index (χ4v) is 1.82. The molecule has 0 radical (unpaired) electrons. The first-order valence-corrected chi connectivity index (χ1v) is 5.81. The van der Waals surface area contributed by atoms with Gasteiger partial charge >= 0.3 is 0 Å². The molecular weight excluding hydrogens is 249 g/mol. The molecule has 5 heteroatoms. The van der Waals surface area contributed by atoms with Gasteiger partial charge in [0.1, 0.15) is 10.8 Å². The van der Waals surface area contributed by atoms with E-state index in [-0.39, 0.29) is 10.6 Å². The van der Waals surface area contributed by atoms with Crippen LogP contribution in [-0.4, -0.2) is 9.97 Å². The summed E-state index contributed by atoms with van der Waals surface area (Å²) >= 11 is 4.85. The van der Waals surface area contributed by atoms with Crippen LogP contribution in [0, 0.1) is 5.82 Å². The zero-order chi connectivity index (χ0) is 13.0. The normalized spacial score (nSPS) is 10.1. The Labute approximate surface area is 110 Å². The quantitative estimate of drug-likeness (QED) is 0.830. The standard InChI is InChI=1S/C13H12FN3S/c14-10-5-3-6-11(12(10)13(15)18)17-8-9-4-1-2-7-16-9/h1-7,17H,8H2,(H2,15,18). The van der Waals surface area contributed by atoms with Crippen molar-refractivity contribution in [3.05, 3.63) is 59.7 Å². The molecule has 1 aromatic carbocycles. The highest BCUT2D eigenvalue weighted by Crippen LogP contribution is 2.19. The Bertz CT molecular complexity index is 557. The molecule has 0 aliphatic rings. The largest absolute Gasteiger partial charge is 0.389 e. The maximum atomic E-state index is 13.6. The Morgan fingerprint density at radius 1 is 1.28 bits per heavy atom. The minimum absolute atomic E-state index is 0.0385. The van der Waals surface area contributed by atoms with E-state index in [1.54, 1.807) is 18.3 Å². The molecule has 0 saturated heterocycles. The number of nitrogens with two attached hydrogens (primary N) is 1. The maximum Gasteiger partial charge on any atom is 0.135 e. The number of benzene rings is 1. The van der Waals surface area contributed by atoms with E-state index in [1.165, 1.54) is 6.07 Å². The van der Waals surface area contributed by atoms with Crippen molar-refractivity contribution < 1.29 is 4.39 Å². The Balaban J connectivity index is 2.20. The number of thiocarbonyl (C=S) groups is 1. The van der Waals surface area contributed by atoms with Crippen LogP contribution < -0.4 is 11.1 Å². The molecule has 1 aromatic heterocycles. The van der Waals surface area contributed by atoms with Gasteiger partial charge in [0.05, 0.1) is 17.8 Å². The van der Waals surface area contributed by atoms with Gasteiger partial charge in [-0.05, 0) is 24.3 Å². The van der Waals surface area contributed by atoms with Crippen LogP contribution in [0.4, 0.5) is 10.1 Å². The molecule has 0 bridgehead atoms. The lowest BCUT2D eigenvalue weighted by atomic mass is 10.1. The van der Waals surface area contributed by atoms with E-state index >= 15 is 0 Å². The maximum absolute atomic E-state index is 13.6. The molecule has 0 aliphatic heterocycles. The summed E-state index contributed by atoms with van der Waals surface area (Å²) in [4.78, 5) is 4.21. The average Bonchev–Trinajstić information content (AvgIpc) is 2.37. The monoisotopic (exact) mass is 261 g/mol. The van der Waals surface area contributed by atoms with Crippen molar-refractivity contribution in [2.45, 2.75) is 6.54 Å². The number of pyridine rings is 1. The molecule has 0 fully saturated rings. The topological polar surface area (TPSA) is 50.9 Å². The van der Waals surface area contributed by atoms with E-state index in [0.717, 1.165) is 5.69 Å². The van der Waals surface area contributed by atoms with Crippen molar-refractivity contribution in [1.29, 1.82) is 0 Å². The van der Waals surface area contributed by atoms with Gasteiger partial charge in [-0.3, -0.25) is 4.98 Å². The van der Waals surface area contributed by atoms with Crippen molar-refractivity contribution in [2.75, 3.05) is 5.32 Å². The molecule has 3 nitrogen and oxygen atoms in total. The molecular formula is C13H12FN3S. The van der Waals surface area contributed by atoms with E-state index in [4.69, 9.17) is 18.0 Å². The molecule has 3 N–H and O–H groups in total. The third-order valence-electron chi connectivity index (χ3n) is 2.45. The highest BCUT2D eigenvalue weighted by molar-refractivity contribution is 7.80. The fourth-order valence-electron chi connectivity index (χ4n) is 1.61. The zero-order valence-electron chi connectivity index (χ0n) is 9.56.